The topological polar surface area (TPSA) is 227 Å². The van der Waals surface area contributed by atoms with Crippen LogP contribution in [0.2, 0.25) is 0 Å². The molecule has 3 rings (SSSR count). The number of carbonyl (C=O) groups excluding carboxylic acids is 9. The summed E-state index contributed by atoms with van der Waals surface area (Å²) >= 11 is 1.53. The zero-order chi connectivity index (χ0) is 50.4. The van der Waals surface area contributed by atoms with Crippen molar-refractivity contribution < 1.29 is 47.9 Å². The Morgan fingerprint density at radius 2 is 1.26 bits per heavy atom. The van der Waals surface area contributed by atoms with Crippen LogP contribution in [-0.2, 0) is 49.6 Å². The van der Waals surface area contributed by atoms with Crippen molar-refractivity contribution in [1.82, 2.24) is 40.4 Å². The average Bonchev–Trinajstić information content (AvgIpc) is 3.58. The van der Waals surface area contributed by atoms with Gasteiger partial charge in [0.25, 0.3) is 11.8 Å². The van der Waals surface area contributed by atoms with Gasteiger partial charge in [0.1, 0.15) is 17.2 Å². The third-order valence-corrected chi connectivity index (χ3v) is 12.2. The molecule has 0 saturated carbocycles. The Bertz CT molecular complexity index is 1910. The molecule has 0 unspecified atom stereocenters. The number of hydrogen-bond acceptors (Lipinski definition) is 15. The first kappa shape index (κ1) is 57.3. The van der Waals surface area contributed by atoms with Crippen LogP contribution in [0.4, 0.5) is 10.5 Å². The van der Waals surface area contributed by atoms with E-state index in [4.69, 9.17) is 4.74 Å². The van der Waals surface area contributed by atoms with E-state index < -0.39 is 35.4 Å². The maximum absolute atomic E-state index is 13.7. The summed E-state index contributed by atoms with van der Waals surface area (Å²) in [6.07, 6.45) is 5.13. The van der Waals surface area contributed by atoms with E-state index in [9.17, 15) is 43.2 Å². The first-order valence-corrected chi connectivity index (χ1v) is 24.9. The summed E-state index contributed by atoms with van der Waals surface area (Å²) in [6, 6.07) is 5.49. The molecule has 6 amide bonds. The number of ether oxygens (including phenoxy) is 1. The van der Waals surface area contributed by atoms with Crippen molar-refractivity contribution in [2.45, 2.75) is 85.9 Å². The Balaban J connectivity index is 1.60. The third-order valence-electron chi connectivity index (χ3n) is 11.6. The minimum Gasteiger partial charge on any atom is -0.459 e. The van der Waals surface area contributed by atoms with Gasteiger partial charge in [0.15, 0.2) is 5.78 Å². The van der Waals surface area contributed by atoms with Crippen LogP contribution in [0, 0.1) is 11.8 Å². The lowest BCUT2D eigenvalue weighted by Gasteiger charge is -2.33. The van der Waals surface area contributed by atoms with Crippen LogP contribution in [0.5, 0.6) is 0 Å². The van der Waals surface area contributed by atoms with E-state index in [0.717, 1.165) is 10.5 Å². The fourth-order valence-electron chi connectivity index (χ4n) is 7.71. The first-order chi connectivity index (χ1) is 32.2. The number of urea groups is 1. The lowest BCUT2D eigenvalue weighted by molar-refractivity contribution is -0.156. The summed E-state index contributed by atoms with van der Waals surface area (Å²) in [7, 11) is 0. The highest BCUT2D eigenvalue weighted by Crippen LogP contribution is 2.22. The van der Waals surface area contributed by atoms with Gasteiger partial charge in [0.2, 0.25) is 11.8 Å². The number of hydrogen-bond donors (Lipinski definition) is 4. The molecule has 4 N–H and O–H groups in total. The molecular formula is C48H75N9O10S. The highest BCUT2D eigenvalue weighted by molar-refractivity contribution is 7.98. The van der Waals surface area contributed by atoms with Gasteiger partial charge in [-0.1, -0.05) is 32.4 Å². The molecular weight excluding hydrogens is 895 g/mol. The van der Waals surface area contributed by atoms with Crippen LogP contribution < -0.4 is 21.3 Å². The first-order valence-electron chi connectivity index (χ1n) is 23.5. The molecule has 378 valence electrons. The van der Waals surface area contributed by atoms with Crippen molar-refractivity contribution in [3.63, 3.8) is 0 Å². The van der Waals surface area contributed by atoms with Crippen LogP contribution >= 0.6 is 11.8 Å². The molecule has 0 aliphatic carbocycles. The number of carbonyl (C=O) groups is 9. The van der Waals surface area contributed by atoms with E-state index in [0.29, 0.717) is 76.6 Å². The summed E-state index contributed by atoms with van der Waals surface area (Å²) in [6.45, 7) is 17.3. The van der Waals surface area contributed by atoms with Crippen molar-refractivity contribution in [3.05, 3.63) is 42.0 Å². The Hall–Kier alpha value is -5.02. The number of ketones is 3. The van der Waals surface area contributed by atoms with Crippen LogP contribution in [0.3, 0.4) is 0 Å². The maximum atomic E-state index is 13.7. The van der Waals surface area contributed by atoms with Gasteiger partial charge >= 0.3 is 12.0 Å². The van der Waals surface area contributed by atoms with Crippen molar-refractivity contribution in [2.75, 3.05) is 109 Å². The zero-order valence-corrected chi connectivity index (χ0v) is 42.2. The van der Waals surface area contributed by atoms with E-state index in [1.165, 1.54) is 23.9 Å². The van der Waals surface area contributed by atoms with Crippen molar-refractivity contribution in [2.24, 2.45) is 11.8 Å². The van der Waals surface area contributed by atoms with Gasteiger partial charge in [-0.05, 0) is 76.7 Å². The lowest BCUT2D eigenvalue weighted by Crippen LogP contribution is -2.49. The number of imide groups is 1. The Morgan fingerprint density at radius 3 is 1.75 bits per heavy atom. The molecule has 0 spiro atoms. The predicted molar refractivity (Wildman–Crippen MR) is 262 cm³/mol. The second kappa shape index (κ2) is 29.1. The van der Waals surface area contributed by atoms with Gasteiger partial charge in [-0.3, -0.25) is 62.9 Å². The zero-order valence-electron chi connectivity index (χ0n) is 41.4. The summed E-state index contributed by atoms with van der Waals surface area (Å²) < 4.78 is 5.61. The molecule has 1 fully saturated rings. The normalized spacial score (nSPS) is 17.3. The number of benzene rings is 1. The van der Waals surface area contributed by atoms with E-state index in [2.05, 4.69) is 21.3 Å². The number of thioether (sulfide) groups is 1. The smallest absolute Gasteiger partial charge is 0.320 e. The summed E-state index contributed by atoms with van der Waals surface area (Å²) in [5.41, 5.74) is 0.594. The second-order valence-corrected chi connectivity index (χ2v) is 19.6. The van der Waals surface area contributed by atoms with Crippen LogP contribution in [0.15, 0.2) is 36.4 Å². The molecule has 3 atom stereocenters. The molecule has 19 nitrogen and oxygen atoms in total. The third kappa shape index (κ3) is 21.9. The molecule has 0 bridgehead atoms. The lowest BCUT2D eigenvalue weighted by atomic mass is 9.85. The van der Waals surface area contributed by atoms with E-state index >= 15 is 0 Å². The monoisotopic (exact) mass is 970 g/mol. The maximum Gasteiger partial charge on any atom is 0.320 e. The summed E-state index contributed by atoms with van der Waals surface area (Å²) in [5.74, 6) is -2.31. The molecule has 2 heterocycles. The molecule has 1 saturated heterocycles. The number of nitrogens with zero attached hydrogens (tertiary/aromatic N) is 5. The fraction of sp³-hybridized carbons (Fsp3) is 0.646. The summed E-state index contributed by atoms with van der Waals surface area (Å²) in [5, 5.41) is 11.3. The van der Waals surface area contributed by atoms with E-state index in [1.54, 1.807) is 38.1 Å². The number of nitrogens with one attached hydrogen (secondary N) is 4. The average molecular weight is 970 g/mol. The molecule has 1 aromatic rings. The quantitative estimate of drug-likeness (QED) is 0.0858. The highest BCUT2D eigenvalue weighted by atomic mass is 32.2. The Labute approximate surface area is 406 Å². The van der Waals surface area contributed by atoms with Gasteiger partial charge in [-0.25, -0.2) is 4.79 Å². The van der Waals surface area contributed by atoms with Crippen LogP contribution in [-0.4, -0.2) is 193 Å². The second-order valence-electron chi connectivity index (χ2n) is 18.6. The van der Waals surface area contributed by atoms with E-state index in [-0.39, 0.29) is 93.3 Å². The van der Waals surface area contributed by atoms with Gasteiger partial charge in [-0.15, -0.1) is 0 Å². The minimum atomic E-state index is -0.855. The van der Waals surface area contributed by atoms with Gasteiger partial charge in [0, 0.05) is 102 Å². The number of anilines is 1. The molecule has 0 radical (unpaired) electrons. The molecule has 2 aliphatic heterocycles. The number of amides is 6. The standard InChI is InChI=1S/C48H75N9O10S/c1-9-34(2)39(46(65)49-17-18-57-43(62)14-15-44(57)63)28-41(60)40(16-27-68-8)52-47(66)51-38-12-10-37(11-13-38)29-50-42(61)32-55-23-21-53(30-35(3)58)19-20-54(31-36(4)59)22-25-56(26-24-55)33-45(64)67-48(5,6)7/h10-15,34,39-40H,9,16-33H2,1-8H3,(H,49,65)(H,50,61)(H2,51,52,66)/t34-,39-,40-/m0/s1. The van der Waals surface area contributed by atoms with Crippen molar-refractivity contribution in [1.29, 1.82) is 0 Å². The molecule has 1 aromatic carbocycles. The van der Waals surface area contributed by atoms with Crippen LogP contribution in [0.1, 0.15) is 73.3 Å². The number of esters is 1. The Morgan fingerprint density at radius 1 is 0.750 bits per heavy atom. The molecule has 68 heavy (non-hydrogen) atoms. The van der Waals surface area contributed by atoms with Gasteiger partial charge in [0.05, 0.1) is 32.2 Å². The SMILES string of the molecule is CC[C@H](C)[C@H](CC(=O)[C@H](CCSC)NC(=O)Nc1ccc(CNC(=O)CN2CCN(CC(C)=O)CCN(CC(C)=O)CCN(CC(=O)OC(C)(C)C)CC2)cc1)C(=O)NCCN1C(=O)C=CC1=O. The molecule has 0 aromatic heterocycles. The minimum absolute atomic E-state index is 0.0136. The predicted octanol–water partition coefficient (Wildman–Crippen LogP) is 1.95. The van der Waals surface area contributed by atoms with Crippen molar-refractivity contribution in [3.8, 4) is 0 Å². The summed E-state index contributed by atoms with van der Waals surface area (Å²) in [4.78, 5) is 124. The highest BCUT2D eigenvalue weighted by Gasteiger charge is 2.31. The largest absolute Gasteiger partial charge is 0.459 e. The van der Waals surface area contributed by atoms with Crippen molar-refractivity contribution >= 4 is 70.4 Å². The molecule has 20 heteroatoms. The van der Waals surface area contributed by atoms with Gasteiger partial charge in [-0.2, -0.15) is 11.8 Å². The van der Waals surface area contributed by atoms with Gasteiger partial charge < -0.3 is 26.0 Å². The van der Waals surface area contributed by atoms with E-state index in [1.807, 2.05) is 60.5 Å². The molecule has 2 aliphatic rings. The fourth-order valence-corrected chi connectivity index (χ4v) is 8.18. The number of rotatable bonds is 24. The number of Topliss-reactive ketones (excluding diaryl/α,β-unsaturated/α-hetero) is 3. The van der Waals surface area contributed by atoms with Crippen LogP contribution in [0.25, 0.3) is 0 Å². The Kier molecular flexibility index (Phi) is 24.5.